The van der Waals surface area contributed by atoms with E-state index in [0.717, 1.165) is 12.8 Å². The number of aliphatic carboxylic acids is 1. The Kier molecular flexibility index (Phi) is 5.38. The first kappa shape index (κ1) is 15.6. The van der Waals surface area contributed by atoms with E-state index < -0.39 is 5.97 Å². The fraction of sp³-hybridized carbons (Fsp3) is 0.769. The second-order valence-corrected chi connectivity index (χ2v) is 5.42. The number of amides is 3. The van der Waals surface area contributed by atoms with Crippen molar-refractivity contribution in [1.29, 1.82) is 0 Å². The Morgan fingerprint density at radius 2 is 1.81 bits per heavy atom. The average Bonchev–Trinajstić information content (AvgIpc) is 2.78. The molecule has 118 valence electrons. The molecule has 0 aliphatic carbocycles. The molecule has 0 spiro atoms. The fourth-order valence-corrected chi connectivity index (χ4v) is 2.68. The Balaban J connectivity index is 1.90. The van der Waals surface area contributed by atoms with Gasteiger partial charge in [-0.1, -0.05) is 0 Å². The molecule has 2 aliphatic heterocycles. The molecule has 2 rings (SSSR count). The lowest BCUT2D eigenvalue weighted by Crippen LogP contribution is -2.47. The predicted molar refractivity (Wildman–Crippen MR) is 74.9 cm³/mol. The van der Waals surface area contributed by atoms with Gasteiger partial charge in [-0.2, -0.15) is 0 Å². The molecule has 21 heavy (non-hydrogen) atoms. The molecule has 0 bridgehead atoms. The van der Waals surface area contributed by atoms with Crippen LogP contribution in [0.1, 0.15) is 12.8 Å². The molecule has 0 atom stereocenters. The van der Waals surface area contributed by atoms with Crippen molar-refractivity contribution >= 4 is 17.9 Å². The monoisotopic (exact) mass is 298 g/mol. The Hall–Kier alpha value is -1.83. The molecule has 0 aromatic carbocycles. The van der Waals surface area contributed by atoms with Crippen LogP contribution in [-0.4, -0.2) is 90.1 Å². The summed E-state index contributed by atoms with van der Waals surface area (Å²) >= 11 is 0. The highest BCUT2D eigenvalue weighted by atomic mass is 16.4. The molecule has 2 N–H and O–H groups in total. The van der Waals surface area contributed by atoms with Gasteiger partial charge in [0.25, 0.3) is 0 Å². The summed E-state index contributed by atoms with van der Waals surface area (Å²) in [5.74, 6) is -0.970. The van der Waals surface area contributed by atoms with E-state index in [1.165, 1.54) is 0 Å². The van der Waals surface area contributed by atoms with Gasteiger partial charge in [-0.15, -0.1) is 0 Å². The van der Waals surface area contributed by atoms with Crippen LogP contribution in [0.25, 0.3) is 0 Å². The number of carboxylic acids is 1. The van der Waals surface area contributed by atoms with Crippen LogP contribution in [0.5, 0.6) is 0 Å². The summed E-state index contributed by atoms with van der Waals surface area (Å²) in [6.45, 7) is 3.64. The van der Waals surface area contributed by atoms with E-state index >= 15 is 0 Å². The number of carbonyl (C=O) groups is 3. The molecule has 0 saturated carbocycles. The van der Waals surface area contributed by atoms with Crippen LogP contribution >= 0.6 is 0 Å². The molecule has 8 heteroatoms. The summed E-state index contributed by atoms with van der Waals surface area (Å²) in [5, 5.41) is 11.6. The molecule has 0 aromatic heterocycles. The zero-order valence-electron chi connectivity index (χ0n) is 12.1. The van der Waals surface area contributed by atoms with Crippen LogP contribution in [-0.2, 0) is 9.59 Å². The molecule has 8 nitrogen and oxygen atoms in total. The van der Waals surface area contributed by atoms with Crippen LogP contribution < -0.4 is 5.32 Å². The minimum absolute atomic E-state index is 0.00809. The maximum atomic E-state index is 12.5. The van der Waals surface area contributed by atoms with Crippen molar-refractivity contribution in [1.82, 2.24) is 20.0 Å². The molecular formula is C13H22N4O4. The minimum atomic E-state index is -0.848. The van der Waals surface area contributed by atoms with Crippen molar-refractivity contribution in [3.05, 3.63) is 0 Å². The maximum Gasteiger partial charge on any atom is 0.320 e. The molecule has 2 aliphatic rings. The zero-order chi connectivity index (χ0) is 15.2. The lowest BCUT2D eigenvalue weighted by Gasteiger charge is -2.28. The summed E-state index contributed by atoms with van der Waals surface area (Å²) < 4.78 is 0. The van der Waals surface area contributed by atoms with Crippen LogP contribution in [0.4, 0.5) is 4.79 Å². The number of nitrogens with one attached hydrogen (secondary N) is 1. The summed E-state index contributed by atoms with van der Waals surface area (Å²) in [7, 11) is 0. The Labute approximate surface area is 123 Å². The highest BCUT2D eigenvalue weighted by molar-refractivity contribution is 5.84. The predicted octanol–water partition coefficient (Wildman–Crippen LogP) is -0.979. The van der Waals surface area contributed by atoms with Gasteiger partial charge in [-0.05, 0) is 12.8 Å². The SMILES string of the molecule is O=C(O)CN1CCCN(C(=O)N2CCCNC(=O)C2)CC1. The van der Waals surface area contributed by atoms with Gasteiger partial charge in [0.15, 0.2) is 0 Å². The summed E-state index contributed by atoms with van der Waals surface area (Å²) in [5.41, 5.74) is 0. The molecule has 0 radical (unpaired) electrons. The third-order valence-electron chi connectivity index (χ3n) is 3.75. The van der Waals surface area contributed by atoms with Crippen molar-refractivity contribution in [2.75, 3.05) is 52.4 Å². The average molecular weight is 298 g/mol. The van der Waals surface area contributed by atoms with E-state index in [1.807, 2.05) is 4.90 Å². The molecule has 3 amide bonds. The smallest absolute Gasteiger partial charge is 0.320 e. The first-order valence-corrected chi connectivity index (χ1v) is 7.31. The second kappa shape index (κ2) is 7.26. The maximum absolute atomic E-state index is 12.5. The number of nitrogens with zero attached hydrogens (tertiary/aromatic N) is 3. The van der Waals surface area contributed by atoms with Crippen molar-refractivity contribution in [3.8, 4) is 0 Å². The van der Waals surface area contributed by atoms with Crippen LogP contribution in [0, 0.1) is 0 Å². The zero-order valence-corrected chi connectivity index (χ0v) is 12.1. The molecule has 0 aromatic rings. The van der Waals surface area contributed by atoms with E-state index in [0.29, 0.717) is 39.3 Å². The van der Waals surface area contributed by atoms with Crippen molar-refractivity contribution < 1.29 is 19.5 Å². The minimum Gasteiger partial charge on any atom is -0.480 e. The number of carbonyl (C=O) groups excluding carboxylic acids is 2. The van der Waals surface area contributed by atoms with Crippen molar-refractivity contribution in [3.63, 3.8) is 0 Å². The van der Waals surface area contributed by atoms with Gasteiger partial charge in [0.05, 0.1) is 6.54 Å². The van der Waals surface area contributed by atoms with Gasteiger partial charge >= 0.3 is 12.0 Å². The molecule has 2 saturated heterocycles. The van der Waals surface area contributed by atoms with Gasteiger partial charge in [0.1, 0.15) is 6.54 Å². The fourth-order valence-electron chi connectivity index (χ4n) is 2.68. The third kappa shape index (κ3) is 4.59. The quantitative estimate of drug-likeness (QED) is 0.683. The van der Waals surface area contributed by atoms with Gasteiger partial charge in [-0.25, -0.2) is 4.79 Å². The highest BCUT2D eigenvalue weighted by Gasteiger charge is 2.26. The lowest BCUT2D eigenvalue weighted by atomic mass is 10.3. The van der Waals surface area contributed by atoms with Crippen molar-refractivity contribution in [2.45, 2.75) is 12.8 Å². The first-order valence-electron chi connectivity index (χ1n) is 7.31. The van der Waals surface area contributed by atoms with E-state index in [-0.39, 0.29) is 25.0 Å². The number of hydrogen-bond acceptors (Lipinski definition) is 4. The van der Waals surface area contributed by atoms with Crippen LogP contribution in [0.3, 0.4) is 0 Å². The van der Waals surface area contributed by atoms with Gasteiger partial charge < -0.3 is 20.2 Å². The number of rotatable bonds is 2. The standard InChI is InChI=1S/C13H22N4O4/c18-11-9-17(5-1-3-14-11)13(21)16-6-2-4-15(7-8-16)10-12(19)20/h1-10H2,(H,14,18)(H,19,20). The molecule has 2 heterocycles. The molecule has 0 unspecified atom stereocenters. The largest absolute Gasteiger partial charge is 0.480 e. The van der Waals surface area contributed by atoms with Crippen LogP contribution in [0.15, 0.2) is 0 Å². The van der Waals surface area contributed by atoms with E-state index in [9.17, 15) is 14.4 Å². The summed E-state index contributed by atoms with van der Waals surface area (Å²) in [6.07, 6.45) is 1.51. The molecular weight excluding hydrogens is 276 g/mol. The van der Waals surface area contributed by atoms with E-state index in [2.05, 4.69) is 5.32 Å². The molecule has 2 fully saturated rings. The summed E-state index contributed by atoms with van der Waals surface area (Å²) in [6, 6.07) is -0.121. The topological polar surface area (TPSA) is 93.2 Å². The highest BCUT2D eigenvalue weighted by Crippen LogP contribution is 2.08. The number of hydrogen-bond donors (Lipinski definition) is 2. The van der Waals surface area contributed by atoms with Crippen LogP contribution in [0.2, 0.25) is 0 Å². The second-order valence-electron chi connectivity index (χ2n) is 5.42. The van der Waals surface area contributed by atoms with Gasteiger partial charge in [0, 0.05) is 39.3 Å². The Morgan fingerprint density at radius 1 is 1.05 bits per heavy atom. The normalized spacial score (nSPS) is 21.4. The first-order chi connectivity index (χ1) is 10.1. The van der Waals surface area contributed by atoms with Gasteiger partial charge in [0.2, 0.25) is 5.91 Å². The van der Waals surface area contributed by atoms with E-state index in [1.54, 1.807) is 9.80 Å². The number of carboxylic acid groups (broad SMARTS) is 1. The van der Waals surface area contributed by atoms with Crippen molar-refractivity contribution in [2.24, 2.45) is 0 Å². The van der Waals surface area contributed by atoms with Gasteiger partial charge in [-0.3, -0.25) is 14.5 Å². The Bertz CT molecular complexity index is 415. The number of urea groups is 1. The van der Waals surface area contributed by atoms with E-state index in [4.69, 9.17) is 5.11 Å². The lowest BCUT2D eigenvalue weighted by molar-refractivity contribution is -0.138. The Morgan fingerprint density at radius 3 is 2.57 bits per heavy atom. The summed E-state index contributed by atoms with van der Waals surface area (Å²) in [4.78, 5) is 39.9. The third-order valence-corrected chi connectivity index (χ3v) is 3.75.